The van der Waals surface area contributed by atoms with Crippen molar-refractivity contribution in [1.82, 2.24) is 15.2 Å². The van der Waals surface area contributed by atoms with Crippen LogP contribution in [0.25, 0.3) is 0 Å². The molecular formula is C15H25N3O. The van der Waals surface area contributed by atoms with E-state index < -0.39 is 0 Å². The minimum Gasteiger partial charge on any atom is -0.481 e. The number of hydrogen-bond acceptors (Lipinski definition) is 4. The maximum absolute atomic E-state index is 5.12. The van der Waals surface area contributed by atoms with Crippen LogP contribution in [0.2, 0.25) is 0 Å². The Balaban J connectivity index is 1.68. The molecule has 1 N–H and O–H groups in total. The lowest BCUT2D eigenvalue weighted by Crippen LogP contribution is -2.38. The van der Waals surface area contributed by atoms with E-state index in [9.17, 15) is 0 Å². The van der Waals surface area contributed by atoms with E-state index in [1.54, 1.807) is 13.3 Å². The standard InChI is InChI=1S/C15H25N3O/c1-18-10-4-3-5-14(18)7-8-16-12-13-6-9-17-15(11-13)19-2/h6,9,11,14,16H,3-5,7-8,10,12H2,1-2H3. The zero-order chi connectivity index (χ0) is 13.5. The van der Waals surface area contributed by atoms with Gasteiger partial charge in [0.15, 0.2) is 0 Å². The van der Waals surface area contributed by atoms with Gasteiger partial charge < -0.3 is 15.0 Å². The molecule has 106 valence electrons. The average molecular weight is 263 g/mol. The first kappa shape index (κ1) is 14.3. The molecule has 0 aromatic carbocycles. The summed E-state index contributed by atoms with van der Waals surface area (Å²) in [6, 6.07) is 4.77. The van der Waals surface area contributed by atoms with Crippen molar-refractivity contribution in [2.24, 2.45) is 0 Å². The van der Waals surface area contributed by atoms with Crippen LogP contribution >= 0.6 is 0 Å². The van der Waals surface area contributed by atoms with Gasteiger partial charge in [0.25, 0.3) is 0 Å². The summed E-state index contributed by atoms with van der Waals surface area (Å²) in [5.41, 5.74) is 1.23. The van der Waals surface area contributed by atoms with Gasteiger partial charge in [-0.3, -0.25) is 0 Å². The van der Waals surface area contributed by atoms with Gasteiger partial charge in [-0.15, -0.1) is 0 Å². The van der Waals surface area contributed by atoms with E-state index in [-0.39, 0.29) is 0 Å². The normalized spacial score (nSPS) is 20.4. The Labute approximate surface area is 116 Å². The van der Waals surface area contributed by atoms with Gasteiger partial charge in [0.1, 0.15) is 0 Å². The molecule has 4 nitrogen and oxygen atoms in total. The number of nitrogens with one attached hydrogen (secondary N) is 1. The van der Waals surface area contributed by atoms with Gasteiger partial charge >= 0.3 is 0 Å². The first-order chi connectivity index (χ1) is 9.29. The van der Waals surface area contributed by atoms with E-state index >= 15 is 0 Å². The molecule has 2 rings (SSSR count). The number of methoxy groups -OCH3 is 1. The van der Waals surface area contributed by atoms with Crippen molar-refractivity contribution >= 4 is 0 Å². The molecule has 1 aromatic heterocycles. The fourth-order valence-electron chi connectivity index (χ4n) is 2.68. The third-order valence-corrected chi connectivity index (χ3v) is 3.91. The second kappa shape index (κ2) is 7.46. The van der Waals surface area contributed by atoms with E-state index in [1.807, 2.05) is 12.1 Å². The predicted octanol–water partition coefficient (Wildman–Crippen LogP) is 2.05. The van der Waals surface area contributed by atoms with Gasteiger partial charge in [-0.2, -0.15) is 0 Å². The van der Waals surface area contributed by atoms with Crippen LogP contribution in [0.4, 0.5) is 0 Å². The number of pyridine rings is 1. The molecule has 1 aliphatic rings. The predicted molar refractivity (Wildman–Crippen MR) is 77.4 cm³/mol. The summed E-state index contributed by atoms with van der Waals surface area (Å²) in [4.78, 5) is 6.61. The van der Waals surface area contributed by atoms with Crippen LogP contribution in [0.1, 0.15) is 31.2 Å². The molecule has 2 heterocycles. The lowest BCUT2D eigenvalue weighted by atomic mass is 10.0. The highest BCUT2D eigenvalue weighted by Gasteiger charge is 2.17. The second-order valence-corrected chi connectivity index (χ2v) is 5.30. The summed E-state index contributed by atoms with van der Waals surface area (Å²) in [7, 11) is 3.90. The molecule has 0 aliphatic carbocycles. The smallest absolute Gasteiger partial charge is 0.213 e. The van der Waals surface area contributed by atoms with E-state index in [4.69, 9.17) is 4.74 Å². The number of rotatable bonds is 6. The summed E-state index contributed by atoms with van der Waals surface area (Å²) in [6.45, 7) is 3.21. The van der Waals surface area contributed by atoms with Crippen molar-refractivity contribution in [3.05, 3.63) is 23.9 Å². The average Bonchev–Trinajstić information content (AvgIpc) is 2.45. The van der Waals surface area contributed by atoms with Gasteiger partial charge in [0.2, 0.25) is 5.88 Å². The molecule has 1 unspecified atom stereocenters. The third-order valence-electron chi connectivity index (χ3n) is 3.91. The zero-order valence-electron chi connectivity index (χ0n) is 12.1. The van der Waals surface area contributed by atoms with Gasteiger partial charge in [0.05, 0.1) is 7.11 Å². The van der Waals surface area contributed by atoms with E-state index in [0.29, 0.717) is 5.88 Å². The minimum absolute atomic E-state index is 0.686. The molecule has 1 fully saturated rings. The Morgan fingerprint density at radius 2 is 2.37 bits per heavy atom. The Bertz CT molecular complexity index is 383. The summed E-state index contributed by atoms with van der Waals surface area (Å²) in [5, 5.41) is 3.51. The van der Waals surface area contributed by atoms with Crippen molar-refractivity contribution < 1.29 is 4.74 Å². The molecule has 0 bridgehead atoms. The van der Waals surface area contributed by atoms with Crippen LogP contribution in [-0.4, -0.2) is 43.2 Å². The fourth-order valence-corrected chi connectivity index (χ4v) is 2.68. The monoisotopic (exact) mass is 263 g/mol. The molecule has 1 aliphatic heterocycles. The molecule has 0 radical (unpaired) electrons. The third kappa shape index (κ3) is 4.48. The van der Waals surface area contributed by atoms with Crippen molar-refractivity contribution in [2.75, 3.05) is 27.2 Å². The maximum atomic E-state index is 5.12. The van der Waals surface area contributed by atoms with E-state index in [2.05, 4.69) is 22.2 Å². The highest BCUT2D eigenvalue weighted by molar-refractivity contribution is 5.20. The number of ether oxygens (including phenoxy) is 1. The summed E-state index contributed by atoms with van der Waals surface area (Å²) in [5.74, 6) is 0.686. The molecule has 0 spiro atoms. The number of hydrogen-bond donors (Lipinski definition) is 1. The van der Waals surface area contributed by atoms with Crippen molar-refractivity contribution in [3.63, 3.8) is 0 Å². The minimum atomic E-state index is 0.686. The number of aromatic nitrogens is 1. The molecule has 1 aromatic rings. The van der Waals surface area contributed by atoms with Gasteiger partial charge in [-0.25, -0.2) is 4.98 Å². The molecular weight excluding hydrogens is 238 g/mol. The van der Waals surface area contributed by atoms with Crippen LogP contribution in [-0.2, 0) is 6.54 Å². The molecule has 0 amide bonds. The van der Waals surface area contributed by atoms with Crippen LogP contribution in [0.5, 0.6) is 5.88 Å². The highest BCUT2D eigenvalue weighted by atomic mass is 16.5. The quantitative estimate of drug-likeness (QED) is 0.797. The zero-order valence-corrected chi connectivity index (χ0v) is 12.1. The molecule has 19 heavy (non-hydrogen) atoms. The van der Waals surface area contributed by atoms with Crippen LogP contribution in [0.15, 0.2) is 18.3 Å². The lowest BCUT2D eigenvalue weighted by molar-refractivity contribution is 0.175. The van der Waals surface area contributed by atoms with Crippen molar-refractivity contribution in [3.8, 4) is 5.88 Å². The molecule has 1 saturated heterocycles. The second-order valence-electron chi connectivity index (χ2n) is 5.30. The van der Waals surface area contributed by atoms with Gasteiger partial charge in [0, 0.05) is 24.8 Å². The summed E-state index contributed by atoms with van der Waals surface area (Å²) >= 11 is 0. The molecule has 4 heteroatoms. The van der Waals surface area contributed by atoms with Crippen LogP contribution in [0.3, 0.4) is 0 Å². The topological polar surface area (TPSA) is 37.4 Å². The molecule has 1 atom stereocenters. The van der Waals surface area contributed by atoms with Crippen LogP contribution in [0, 0.1) is 0 Å². The fraction of sp³-hybridized carbons (Fsp3) is 0.667. The SMILES string of the molecule is COc1cc(CNCCC2CCCCN2C)ccn1. The Hall–Kier alpha value is -1.13. The van der Waals surface area contributed by atoms with Crippen molar-refractivity contribution in [1.29, 1.82) is 0 Å². The molecule has 0 saturated carbocycles. The Kier molecular flexibility index (Phi) is 5.61. The summed E-state index contributed by atoms with van der Waals surface area (Å²) in [6.07, 6.45) is 7.12. The Morgan fingerprint density at radius 3 is 3.16 bits per heavy atom. The number of likely N-dealkylation sites (tertiary alicyclic amines) is 1. The van der Waals surface area contributed by atoms with Gasteiger partial charge in [-0.05, 0) is 51.0 Å². The first-order valence-corrected chi connectivity index (χ1v) is 7.19. The van der Waals surface area contributed by atoms with Gasteiger partial charge in [-0.1, -0.05) is 6.42 Å². The van der Waals surface area contributed by atoms with Crippen molar-refractivity contribution in [2.45, 2.75) is 38.3 Å². The first-order valence-electron chi connectivity index (χ1n) is 7.19. The lowest BCUT2D eigenvalue weighted by Gasteiger charge is -2.32. The number of piperidine rings is 1. The largest absolute Gasteiger partial charge is 0.481 e. The summed E-state index contributed by atoms with van der Waals surface area (Å²) < 4.78 is 5.12. The van der Waals surface area contributed by atoms with E-state index in [0.717, 1.165) is 19.1 Å². The van der Waals surface area contributed by atoms with E-state index in [1.165, 1.54) is 37.8 Å². The van der Waals surface area contributed by atoms with Crippen LogP contribution < -0.4 is 10.1 Å². The maximum Gasteiger partial charge on any atom is 0.213 e. The Morgan fingerprint density at radius 1 is 1.47 bits per heavy atom. The highest BCUT2D eigenvalue weighted by Crippen LogP contribution is 2.17. The number of nitrogens with zero attached hydrogens (tertiary/aromatic N) is 2.